The second-order valence-electron chi connectivity index (χ2n) is 16.1. The van der Waals surface area contributed by atoms with E-state index >= 15 is 0 Å². The number of cyclic esters (lactones) is 1. The monoisotopic (exact) mass is 748 g/mol. The van der Waals surface area contributed by atoms with Gasteiger partial charge in [-0.25, -0.2) is 4.99 Å². The number of hydrogen-bond acceptors (Lipinski definition) is 12. The Balaban J connectivity index is 2.30. The van der Waals surface area contributed by atoms with Gasteiger partial charge in [0.25, 0.3) is 0 Å². The molecule has 3 aliphatic rings. The largest absolute Gasteiger partial charge is 0.459 e. The summed E-state index contributed by atoms with van der Waals surface area (Å²) in [5.74, 6) is -2.82. The minimum absolute atomic E-state index is 0.0386. The Bertz CT molecular complexity index is 1380. The Kier molecular flexibility index (Phi) is 15.8. The fourth-order valence-electron chi connectivity index (χ4n) is 8.84. The van der Waals surface area contributed by atoms with Gasteiger partial charge < -0.3 is 33.9 Å². The molecule has 0 saturated carbocycles. The van der Waals surface area contributed by atoms with Gasteiger partial charge in [0.2, 0.25) is 5.91 Å². The molecule has 0 aromatic rings. The number of carbonyl (C=O) groups is 4. The van der Waals surface area contributed by atoms with Crippen molar-refractivity contribution in [1.82, 2.24) is 4.90 Å². The lowest BCUT2D eigenvalue weighted by atomic mass is 9.68. The fraction of sp³-hybridized carbons (Fsp3) is 0.825. The van der Waals surface area contributed by atoms with Crippen LogP contribution in [0.15, 0.2) is 4.99 Å². The van der Waals surface area contributed by atoms with Crippen LogP contribution < -0.4 is 0 Å². The number of amides is 1. The van der Waals surface area contributed by atoms with Crippen LogP contribution in [0.3, 0.4) is 0 Å². The molecule has 3 saturated heterocycles. The SMILES string of the molecule is C#CCCN(C)C1CC(C)OC(O[C@@H]2[C@@H](C)[C@H](O)C(C)C(=O)OC(CC)[C@@](C)(O)C3CCC(=O)CO[C@]2(C)C[C@@H](C)C(=NC(C)=O)C3C)[C@@H]1OC(C)=O. The van der Waals surface area contributed by atoms with Crippen molar-refractivity contribution in [2.24, 2.45) is 34.6 Å². The summed E-state index contributed by atoms with van der Waals surface area (Å²) < 4.78 is 31.8. The van der Waals surface area contributed by atoms with Crippen LogP contribution >= 0.6 is 0 Å². The van der Waals surface area contributed by atoms with Crippen molar-refractivity contribution < 1.29 is 53.1 Å². The molecule has 3 rings (SSSR count). The normalized spacial score (nSPS) is 41.4. The van der Waals surface area contributed by atoms with Crippen LogP contribution in [0.4, 0.5) is 0 Å². The average Bonchev–Trinajstić information content (AvgIpc) is 3.09. The highest BCUT2D eigenvalue weighted by Gasteiger charge is 2.53. The van der Waals surface area contributed by atoms with Crippen LogP contribution in [0.25, 0.3) is 0 Å². The Hall–Kier alpha value is -2.73. The van der Waals surface area contributed by atoms with Crippen LogP contribution in [0.1, 0.15) is 108 Å². The lowest BCUT2D eigenvalue weighted by Gasteiger charge is -2.49. The van der Waals surface area contributed by atoms with Crippen molar-refractivity contribution >= 4 is 29.3 Å². The number of aliphatic hydroxyl groups is 2. The standard InChI is InChI=1S/C40H64N2O11/c1-13-15-18-42(12)31-19-23(4)50-38(35(31)51-28(9)44)53-36-25(6)34(46)26(7)37(47)52-32(14-2)40(11,48)30-17-16-29(45)21-49-39(36,10)20-22(3)33(24(30)5)41-27(8)43/h1,22-26,30-32,34-36,38,46,48H,14-21H2,2-12H3/t22-,23?,24?,25+,26?,30?,31?,32?,34+,35-,36-,38?,39-,40+/m1/s1. The molecule has 2 bridgehead atoms. The third-order valence-corrected chi connectivity index (χ3v) is 11.7. The summed E-state index contributed by atoms with van der Waals surface area (Å²) in [4.78, 5) is 59.2. The van der Waals surface area contributed by atoms with Crippen molar-refractivity contribution in [3.63, 3.8) is 0 Å². The molecule has 0 radical (unpaired) electrons. The van der Waals surface area contributed by atoms with Gasteiger partial charge in [-0.3, -0.25) is 24.1 Å². The van der Waals surface area contributed by atoms with Gasteiger partial charge in [0.05, 0.1) is 35.9 Å². The molecule has 13 heteroatoms. The van der Waals surface area contributed by atoms with E-state index in [1.54, 1.807) is 34.6 Å². The molecule has 14 atom stereocenters. The molecule has 0 aromatic heterocycles. The number of likely N-dealkylation sites (N-methyl/N-ethyl adjacent to an activating group) is 1. The third kappa shape index (κ3) is 10.7. The topological polar surface area (TPSA) is 170 Å². The Labute approximate surface area is 315 Å². The molecular weight excluding hydrogens is 684 g/mol. The fourth-order valence-corrected chi connectivity index (χ4v) is 8.84. The van der Waals surface area contributed by atoms with E-state index in [2.05, 4.69) is 10.9 Å². The first-order chi connectivity index (χ1) is 24.7. The predicted molar refractivity (Wildman–Crippen MR) is 198 cm³/mol. The van der Waals surface area contributed by atoms with Crippen molar-refractivity contribution in [3.05, 3.63) is 0 Å². The van der Waals surface area contributed by atoms with E-state index in [-0.39, 0.29) is 50.2 Å². The summed E-state index contributed by atoms with van der Waals surface area (Å²) >= 11 is 0. The van der Waals surface area contributed by atoms with Gasteiger partial charge in [-0.1, -0.05) is 27.7 Å². The molecule has 7 unspecified atom stereocenters. The molecule has 13 nitrogen and oxygen atoms in total. The van der Waals surface area contributed by atoms with Gasteiger partial charge in [0.1, 0.15) is 18.3 Å². The number of aliphatic imine (C=N–C) groups is 1. The first-order valence-corrected chi connectivity index (χ1v) is 19.2. The van der Waals surface area contributed by atoms with E-state index in [1.807, 2.05) is 32.7 Å². The second kappa shape index (κ2) is 18.7. The number of nitrogens with zero attached hydrogens (tertiary/aromatic N) is 2. The number of ketones is 1. The highest BCUT2D eigenvalue weighted by Crippen LogP contribution is 2.43. The van der Waals surface area contributed by atoms with Crippen LogP contribution in [0, 0.1) is 41.9 Å². The number of esters is 2. The zero-order valence-electron chi connectivity index (χ0n) is 33.6. The van der Waals surface area contributed by atoms with Crippen LogP contribution in [0.2, 0.25) is 0 Å². The summed E-state index contributed by atoms with van der Waals surface area (Å²) in [6.07, 6.45) is 1.37. The van der Waals surface area contributed by atoms with Crippen molar-refractivity contribution in [2.75, 3.05) is 20.2 Å². The zero-order chi connectivity index (χ0) is 40.0. The summed E-state index contributed by atoms with van der Waals surface area (Å²) in [6, 6.07) is -0.346. The first-order valence-electron chi connectivity index (χ1n) is 19.2. The number of ether oxygens (including phenoxy) is 5. The van der Waals surface area contributed by atoms with E-state index in [1.165, 1.54) is 13.8 Å². The number of hydrogen-bond donors (Lipinski definition) is 2. The quantitative estimate of drug-likeness (QED) is 0.285. The number of fused-ring (bicyclic) bond motifs is 5. The minimum Gasteiger partial charge on any atom is -0.459 e. The molecule has 300 valence electrons. The number of aliphatic hydroxyl groups excluding tert-OH is 1. The van der Waals surface area contributed by atoms with Crippen molar-refractivity contribution in [3.8, 4) is 12.3 Å². The van der Waals surface area contributed by atoms with Crippen molar-refractivity contribution in [2.45, 2.75) is 162 Å². The van der Waals surface area contributed by atoms with E-state index in [4.69, 9.17) is 30.1 Å². The molecule has 3 heterocycles. The van der Waals surface area contributed by atoms with Crippen molar-refractivity contribution in [1.29, 1.82) is 0 Å². The van der Waals surface area contributed by atoms with Crippen LogP contribution in [0.5, 0.6) is 0 Å². The Morgan fingerprint density at radius 1 is 1.11 bits per heavy atom. The highest BCUT2D eigenvalue weighted by molar-refractivity contribution is 5.97. The second-order valence-corrected chi connectivity index (χ2v) is 16.1. The summed E-state index contributed by atoms with van der Waals surface area (Å²) in [7, 11) is 1.89. The number of rotatable bonds is 7. The maximum absolute atomic E-state index is 13.8. The molecule has 3 fully saturated rings. The Morgan fingerprint density at radius 3 is 2.36 bits per heavy atom. The smallest absolute Gasteiger partial charge is 0.311 e. The Morgan fingerprint density at radius 2 is 1.77 bits per heavy atom. The maximum Gasteiger partial charge on any atom is 0.311 e. The molecule has 53 heavy (non-hydrogen) atoms. The molecule has 2 N–H and O–H groups in total. The van der Waals surface area contributed by atoms with Gasteiger partial charge in [-0.05, 0) is 72.3 Å². The molecule has 3 aliphatic heterocycles. The van der Waals surface area contributed by atoms with Gasteiger partial charge in [-0.15, -0.1) is 12.3 Å². The van der Waals surface area contributed by atoms with Gasteiger partial charge in [-0.2, -0.15) is 0 Å². The van der Waals surface area contributed by atoms with E-state index in [0.717, 1.165) is 0 Å². The molecule has 0 aromatic carbocycles. The first kappa shape index (κ1) is 44.7. The van der Waals surface area contributed by atoms with Gasteiger partial charge in [0, 0.05) is 50.8 Å². The summed E-state index contributed by atoms with van der Waals surface area (Å²) in [6.45, 7) is 17.0. The van der Waals surface area contributed by atoms with Gasteiger partial charge >= 0.3 is 11.9 Å². The molecule has 0 spiro atoms. The predicted octanol–water partition coefficient (Wildman–Crippen LogP) is 3.89. The van der Waals surface area contributed by atoms with E-state index in [0.29, 0.717) is 25.1 Å². The average molecular weight is 749 g/mol. The lowest BCUT2D eigenvalue weighted by molar-refractivity contribution is -0.305. The third-order valence-electron chi connectivity index (χ3n) is 11.7. The molecule has 0 aliphatic carbocycles. The van der Waals surface area contributed by atoms with Gasteiger partial charge in [0.15, 0.2) is 18.2 Å². The van der Waals surface area contributed by atoms with Crippen LogP contribution in [-0.4, -0.2) is 119 Å². The summed E-state index contributed by atoms with van der Waals surface area (Å²) in [5, 5.41) is 24.2. The number of Topliss-reactive ketones (excluding diaryl/α,β-unsaturated/α-hetero) is 1. The zero-order valence-corrected chi connectivity index (χ0v) is 33.6. The number of carbonyl (C=O) groups excluding carboxylic acids is 4. The highest BCUT2D eigenvalue weighted by atomic mass is 16.7. The molecule has 1 amide bonds. The van der Waals surface area contributed by atoms with E-state index in [9.17, 15) is 29.4 Å². The minimum atomic E-state index is -1.63. The van der Waals surface area contributed by atoms with Crippen LogP contribution in [-0.2, 0) is 42.9 Å². The number of terminal acetylenes is 1. The van der Waals surface area contributed by atoms with E-state index < -0.39 is 89.3 Å². The lowest BCUT2D eigenvalue weighted by Crippen LogP contribution is -2.61. The maximum atomic E-state index is 13.8. The molecular formula is C40H64N2O11. The summed E-state index contributed by atoms with van der Waals surface area (Å²) in [5.41, 5.74) is -2.50.